The monoisotopic (exact) mass is 446 g/mol. The SMILES string of the molecule is C#CC(=C)/C=C(C)/C(C)=C1\OC(c2cnc(C(=O)N3CCC(N(C)C)C3)cc2OC)=CC1=N. The van der Waals surface area contributed by atoms with Crippen molar-refractivity contribution >= 4 is 17.4 Å². The summed E-state index contributed by atoms with van der Waals surface area (Å²) in [6.45, 7) is 8.92. The van der Waals surface area contributed by atoms with Crippen LogP contribution in [0.2, 0.25) is 0 Å². The summed E-state index contributed by atoms with van der Waals surface area (Å²) in [4.78, 5) is 21.3. The lowest BCUT2D eigenvalue weighted by molar-refractivity contribution is 0.0777. The standard InChI is InChI=1S/C26H30N4O3/c1-8-16(2)11-17(3)18(4)25-21(27)12-24(33-25)20-14-28-22(13-23(20)32-7)26(31)30-10-9-19(15-30)29(5)6/h1,11-14,19,27H,2,9-10,15H2,3-7H3/b17-11+,25-18-,27-21?. The predicted molar refractivity (Wildman–Crippen MR) is 130 cm³/mol. The number of amides is 1. The lowest BCUT2D eigenvalue weighted by atomic mass is 10.0. The van der Waals surface area contributed by atoms with Gasteiger partial charge in [-0.1, -0.05) is 12.5 Å². The van der Waals surface area contributed by atoms with Crippen molar-refractivity contribution < 1.29 is 14.3 Å². The van der Waals surface area contributed by atoms with Crippen LogP contribution in [0.5, 0.6) is 5.75 Å². The maximum absolute atomic E-state index is 13.0. The van der Waals surface area contributed by atoms with Crippen LogP contribution < -0.4 is 4.74 Å². The summed E-state index contributed by atoms with van der Waals surface area (Å²) >= 11 is 0. The summed E-state index contributed by atoms with van der Waals surface area (Å²) in [5.41, 5.74) is 3.32. The van der Waals surface area contributed by atoms with Gasteiger partial charge in [0, 0.05) is 43.0 Å². The highest BCUT2D eigenvalue weighted by atomic mass is 16.5. The second-order valence-electron chi connectivity index (χ2n) is 8.40. The molecule has 7 nitrogen and oxygen atoms in total. The molecular formula is C26H30N4O3. The fourth-order valence-electron chi connectivity index (χ4n) is 3.81. The molecule has 1 aromatic heterocycles. The van der Waals surface area contributed by atoms with Crippen LogP contribution in [-0.4, -0.2) is 66.7 Å². The third-order valence-corrected chi connectivity index (χ3v) is 5.99. The van der Waals surface area contributed by atoms with Crippen LogP contribution >= 0.6 is 0 Å². The van der Waals surface area contributed by atoms with Crippen molar-refractivity contribution in [1.29, 1.82) is 5.41 Å². The van der Waals surface area contributed by atoms with E-state index in [2.05, 4.69) is 22.4 Å². The molecule has 2 aliphatic rings. The van der Waals surface area contributed by atoms with Gasteiger partial charge in [0.25, 0.3) is 5.91 Å². The first-order valence-corrected chi connectivity index (χ1v) is 10.7. The van der Waals surface area contributed by atoms with Gasteiger partial charge >= 0.3 is 0 Å². The van der Waals surface area contributed by atoms with E-state index in [4.69, 9.17) is 21.3 Å². The number of nitrogens with zero attached hydrogens (tertiary/aromatic N) is 3. The fourth-order valence-corrected chi connectivity index (χ4v) is 3.81. The number of nitrogens with one attached hydrogen (secondary N) is 1. The highest BCUT2D eigenvalue weighted by Crippen LogP contribution is 2.35. The zero-order valence-electron chi connectivity index (χ0n) is 19.9. The Hall–Kier alpha value is -3.63. The number of allylic oxidation sites excluding steroid dienone is 5. The number of carbonyl (C=O) groups excluding carboxylic acids is 1. The van der Waals surface area contributed by atoms with E-state index in [1.54, 1.807) is 24.4 Å². The number of likely N-dealkylation sites (tertiary alicyclic amines) is 1. The first-order chi connectivity index (χ1) is 15.7. The summed E-state index contributed by atoms with van der Waals surface area (Å²) in [7, 11) is 5.58. The zero-order valence-corrected chi connectivity index (χ0v) is 19.9. The smallest absolute Gasteiger partial charge is 0.272 e. The third-order valence-electron chi connectivity index (χ3n) is 5.99. The van der Waals surface area contributed by atoms with Crippen molar-refractivity contribution in [2.24, 2.45) is 0 Å². The number of hydrogen-bond donors (Lipinski definition) is 1. The molecule has 2 aliphatic heterocycles. The Morgan fingerprint density at radius 1 is 1.45 bits per heavy atom. The summed E-state index contributed by atoms with van der Waals surface area (Å²) < 4.78 is 11.6. The number of pyridine rings is 1. The molecule has 0 spiro atoms. The predicted octanol–water partition coefficient (Wildman–Crippen LogP) is 3.67. The fraction of sp³-hybridized carbons (Fsp3) is 0.346. The molecule has 1 fully saturated rings. The van der Waals surface area contributed by atoms with Gasteiger partial charge in [0.05, 0.1) is 12.7 Å². The molecule has 0 saturated carbocycles. The van der Waals surface area contributed by atoms with Gasteiger partial charge in [-0.15, -0.1) is 6.42 Å². The van der Waals surface area contributed by atoms with Crippen LogP contribution in [0.3, 0.4) is 0 Å². The molecule has 0 radical (unpaired) electrons. The number of carbonyl (C=O) groups is 1. The summed E-state index contributed by atoms with van der Waals surface area (Å²) in [6.07, 6.45) is 11.3. The van der Waals surface area contributed by atoms with E-state index in [9.17, 15) is 4.79 Å². The largest absolute Gasteiger partial charge is 0.496 e. The normalized spacial score (nSPS) is 19.8. The average Bonchev–Trinajstić information content (AvgIpc) is 3.44. The Kier molecular flexibility index (Phi) is 7.19. The molecule has 172 valence electrons. The molecule has 0 bridgehead atoms. The Labute approximate surface area is 195 Å². The van der Waals surface area contributed by atoms with Gasteiger partial charge in [-0.2, -0.15) is 0 Å². The topological polar surface area (TPSA) is 78.8 Å². The maximum atomic E-state index is 13.0. The molecule has 1 amide bonds. The molecule has 0 aromatic carbocycles. The minimum absolute atomic E-state index is 0.121. The van der Waals surface area contributed by atoms with Crippen molar-refractivity contribution in [3.8, 4) is 18.1 Å². The van der Waals surface area contributed by atoms with E-state index in [-0.39, 0.29) is 11.6 Å². The van der Waals surface area contributed by atoms with Crippen LogP contribution in [0, 0.1) is 17.8 Å². The number of ether oxygens (including phenoxy) is 2. The Bertz CT molecular complexity index is 1130. The first-order valence-electron chi connectivity index (χ1n) is 10.7. The summed E-state index contributed by atoms with van der Waals surface area (Å²) in [5.74, 6) is 3.69. The minimum atomic E-state index is -0.121. The number of aromatic nitrogens is 1. The number of rotatable bonds is 6. The molecule has 7 heteroatoms. The van der Waals surface area contributed by atoms with Crippen LogP contribution in [0.1, 0.15) is 36.3 Å². The van der Waals surface area contributed by atoms with E-state index in [0.29, 0.717) is 53.2 Å². The van der Waals surface area contributed by atoms with Gasteiger partial charge in [-0.05, 0) is 51.6 Å². The summed E-state index contributed by atoms with van der Waals surface area (Å²) in [5, 5.41) is 8.37. The lowest BCUT2D eigenvalue weighted by Crippen LogP contribution is -2.34. The van der Waals surface area contributed by atoms with E-state index < -0.39 is 0 Å². The third kappa shape index (κ3) is 5.07. The maximum Gasteiger partial charge on any atom is 0.272 e. The number of terminal acetylenes is 1. The van der Waals surface area contributed by atoms with Crippen molar-refractivity contribution in [3.05, 3.63) is 64.7 Å². The zero-order chi connectivity index (χ0) is 24.3. The van der Waals surface area contributed by atoms with E-state index in [1.807, 2.05) is 32.8 Å². The van der Waals surface area contributed by atoms with Crippen molar-refractivity contribution in [2.75, 3.05) is 34.3 Å². The Balaban J connectivity index is 1.84. The molecule has 1 atom stereocenters. The van der Waals surface area contributed by atoms with Crippen molar-refractivity contribution in [1.82, 2.24) is 14.8 Å². The van der Waals surface area contributed by atoms with Crippen molar-refractivity contribution in [2.45, 2.75) is 26.3 Å². The molecular weight excluding hydrogens is 416 g/mol. The molecule has 1 saturated heterocycles. The second-order valence-corrected chi connectivity index (χ2v) is 8.40. The molecule has 1 N–H and O–H groups in total. The highest BCUT2D eigenvalue weighted by molar-refractivity contribution is 6.13. The molecule has 1 aromatic rings. The quantitative estimate of drug-likeness (QED) is 0.533. The summed E-state index contributed by atoms with van der Waals surface area (Å²) in [6, 6.07) is 1.98. The van der Waals surface area contributed by atoms with E-state index >= 15 is 0 Å². The second kappa shape index (κ2) is 9.88. The van der Waals surface area contributed by atoms with Gasteiger partial charge in [0.1, 0.15) is 22.9 Å². The molecule has 0 aliphatic carbocycles. The van der Waals surface area contributed by atoms with E-state index in [0.717, 1.165) is 17.6 Å². The first kappa shape index (κ1) is 24.0. The van der Waals surface area contributed by atoms with Crippen LogP contribution in [-0.2, 0) is 4.74 Å². The van der Waals surface area contributed by atoms with Gasteiger partial charge in [0.15, 0.2) is 5.76 Å². The number of methoxy groups -OCH3 is 1. The van der Waals surface area contributed by atoms with Gasteiger partial charge in [-0.3, -0.25) is 15.2 Å². The van der Waals surface area contributed by atoms with Crippen LogP contribution in [0.25, 0.3) is 5.76 Å². The Morgan fingerprint density at radius 2 is 2.18 bits per heavy atom. The average molecular weight is 447 g/mol. The molecule has 33 heavy (non-hydrogen) atoms. The van der Waals surface area contributed by atoms with Crippen molar-refractivity contribution in [3.63, 3.8) is 0 Å². The highest BCUT2D eigenvalue weighted by Gasteiger charge is 2.30. The van der Waals surface area contributed by atoms with E-state index in [1.165, 1.54) is 7.11 Å². The van der Waals surface area contributed by atoms with Gasteiger partial charge in [-0.25, -0.2) is 0 Å². The molecule has 3 rings (SSSR count). The number of hydrogen-bond acceptors (Lipinski definition) is 6. The van der Waals surface area contributed by atoms with Crippen LogP contribution in [0.15, 0.2) is 53.5 Å². The van der Waals surface area contributed by atoms with Gasteiger partial charge in [0.2, 0.25) is 0 Å². The minimum Gasteiger partial charge on any atom is -0.496 e. The molecule has 1 unspecified atom stereocenters. The van der Waals surface area contributed by atoms with Gasteiger partial charge < -0.3 is 19.3 Å². The molecule has 3 heterocycles. The van der Waals surface area contributed by atoms with Crippen LogP contribution in [0.4, 0.5) is 0 Å². The Morgan fingerprint density at radius 3 is 2.79 bits per heavy atom. The number of likely N-dealkylation sites (N-methyl/N-ethyl adjacent to an activating group) is 1. The lowest BCUT2D eigenvalue weighted by Gasteiger charge is -2.20.